The van der Waals surface area contributed by atoms with Crippen molar-refractivity contribution in [3.63, 3.8) is 0 Å². The van der Waals surface area contributed by atoms with Crippen molar-refractivity contribution < 1.29 is 9.63 Å². The summed E-state index contributed by atoms with van der Waals surface area (Å²) in [6, 6.07) is 0. The lowest BCUT2D eigenvalue weighted by molar-refractivity contribution is -0.0920. The topological polar surface area (TPSA) is 72.3 Å². The van der Waals surface area contributed by atoms with Crippen LogP contribution in [0.15, 0.2) is 10.7 Å². The van der Waals surface area contributed by atoms with E-state index in [0.717, 1.165) is 24.2 Å². The quantitative estimate of drug-likeness (QED) is 0.769. The van der Waals surface area contributed by atoms with E-state index in [1.165, 1.54) is 0 Å². The molecule has 1 heterocycles. The largest absolute Gasteiger partial charge is 0.384 e. The molecule has 0 radical (unpaired) electrons. The Morgan fingerprint density at radius 1 is 1.60 bits per heavy atom. The molecule has 15 heavy (non-hydrogen) atoms. The standard InChI is InChI=1S/C11H18N2O2/c1-10(2)4-3-9-8(7-13-15-9)11(10,14)5-6-12/h7,14H,3-6,12H2,1-2H3. The fourth-order valence-electron chi connectivity index (χ4n) is 2.46. The number of hydrogen-bond acceptors (Lipinski definition) is 4. The smallest absolute Gasteiger partial charge is 0.142 e. The summed E-state index contributed by atoms with van der Waals surface area (Å²) in [7, 11) is 0. The number of aromatic nitrogens is 1. The summed E-state index contributed by atoms with van der Waals surface area (Å²) in [5.41, 5.74) is 5.33. The van der Waals surface area contributed by atoms with Crippen molar-refractivity contribution in [1.82, 2.24) is 5.16 Å². The zero-order valence-electron chi connectivity index (χ0n) is 9.29. The van der Waals surface area contributed by atoms with E-state index in [4.69, 9.17) is 10.3 Å². The number of nitrogens with two attached hydrogens (primary N) is 1. The first-order valence-corrected chi connectivity index (χ1v) is 5.38. The molecular formula is C11H18N2O2. The Balaban J connectivity index is 2.48. The van der Waals surface area contributed by atoms with Crippen LogP contribution in [0, 0.1) is 5.41 Å². The van der Waals surface area contributed by atoms with E-state index in [2.05, 4.69) is 19.0 Å². The van der Waals surface area contributed by atoms with E-state index in [-0.39, 0.29) is 5.41 Å². The normalized spacial score (nSPS) is 28.8. The summed E-state index contributed by atoms with van der Waals surface area (Å²) < 4.78 is 5.14. The monoisotopic (exact) mass is 210 g/mol. The maximum atomic E-state index is 10.8. The van der Waals surface area contributed by atoms with Gasteiger partial charge in [0.05, 0.1) is 6.20 Å². The van der Waals surface area contributed by atoms with Gasteiger partial charge in [-0.25, -0.2) is 0 Å². The second kappa shape index (κ2) is 3.32. The minimum absolute atomic E-state index is 0.176. The van der Waals surface area contributed by atoms with Crippen LogP contribution in [0.25, 0.3) is 0 Å². The highest BCUT2D eigenvalue weighted by atomic mass is 16.5. The summed E-state index contributed by atoms with van der Waals surface area (Å²) >= 11 is 0. The number of aryl methyl sites for hydroxylation is 1. The maximum absolute atomic E-state index is 10.8. The van der Waals surface area contributed by atoms with Gasteiger partial charge < -0.3 is 15.4 Å². The van der Waals surface area contributed by atoms with Gasteiger partial charge in [-0.3, -0.25) is 0 Å². The van der Waals surface area contributed by atoms with E-state index >= 15 is 0 Å². The second-order valence-electron chi connectivity index (χ2n) is 4.95. The Bertz CT molecular complexity index is 359. The van der Waals surface area contributed by atoms with E-state index < -0.39 is 5.60 Å². The van der Waals surface area contributed by atoms with Crippen molar-refractivity contribution in [2.24, 2.45) is 11.1 Å². The van der Waals surface area contributed by atoms with Gasteiger partial charge in [0, 0.05) is 12.0 Å². The molecule has 1 aromatic rings. The highest BCUT2D eigenvalue weighted by Gasteiger charge is 2.49. The van der Waals surface area contributed by atoms with E-state index in [0.29, 0.717) is 13.0 Å². The van der Waals surface area contributed by atoms with Crippen LogP contribution in [0.5, 0.6) is 0 Å². The summed E-state index contributed by atoms with van der Waals surface area (Å²) in [6.45, 7) is 4.60. The zero-order valence-corrected chi connectivity index (χ0v) is 9.29. The second-order valence-corrected chi connectivity index (χ2v) is 4.95. The van der Waals surface area contributed by atoms with E-state index in [9.17, 15) is 5.11 Å². The number of aliphatic hydroxyl groups is 1. The molecule has 0 amide bonds. The highest BCUT2D eigenvalue weighted by Crippen LogP contribution is 2.49. The minimum Gasteiger partial charge on any atom is -0.384 e. The molecule has 0 aromatic carbocycles. The SMILES string of the molecule is CC1(C)CCc2oncc2C1(O)CCN. The zero-order chi connectivity index (χ0) is 11.1. The van der Waals surface area contributed by atoms with Crippen molar-refractivity contribution >= 4 is 0 Å². The predicted molar refractivity (Wildman–Crippen MR) is 56.2 cm³/mol. The lowest BCUT2D eigenvalue weighted by atomic mass is 9.63. The van der Waals surface area contributed by atoms with Crippen molar-refractivity contribution in [2.45, 2.75) is 38.7 Å². The first-order valence-electron chi connectivity index (χ1n) is 5.38. The number of rotatable bonds is 2. The molecule has 1 atom stereocenters. The van der Waals surface area contributed by atoms with Crippen LogP contribution in [0.3, 0.4) is 0 Å². The predicted octanol–water partition coefficient (Wildman–Crippen LogP) is 1.18. The molecule has 0 spiro atoms. The van der Waals surface area contributed by atoms with E-state index in [1.54, 1.807) is 6.20 Å². The van der Waals surface area contributed by atoms with Gasteiger partial charge in [-0.1, -0.05) is 19.0 Å². The lowest BCUT2D eigenvalue weighted by Gasteiger charge is -2.45. The number of hydrogen-bond donors (Lipinski definition) is 2. The molecule has 84 valence electrons. The van der Waals surface area contributed by atoms with Gasteiger partial charge in [-0.2, -0.15) is 0 Å². The molecule has 1 aliphatic carbocycles. The fraction of sp³-hybridized carbons (Fsp3) is 0.727. The maximum Gasteiger partial charge on any atom is 0.142 e. The molecule has 3 N–H and O–H groups in total. The van der Waals surface area contributed by atoms with Gasteiger partial charge in [0.25, 0.3) is 0 Å². The van der Waals surface area contributed by atoms with Crippen LogP contribution in [0.4, 0.5) is 0 Å². The van der Waals surface area contributed by atoms with Crippen LogP contribution in [0.1, 0.15) is 38.0 Å². The third kappa shape index (κ3) is 1.40. The highest BCUT2D eigenvalue weighted by molar-refractivity contribution is 5.28. The molecule has 0 aliphatic heterocycles. The Labute approximate surface area is 89.4 Å². The van der Waals surface area contributed by atoms with Gasteiger partial charge in [-0.05, 0) is 24.8 Å². The number of fused-ring (bicyclic) bond motifs is 1. The van der Waals surface area contributed by atoms with Crippen LogP contribution in [0.2, 0.25) is 0 Å². The molecule has 1 unspecified atom stereocenters. The Kier molecular flexibility index (Phi) is 2.35. The fourth-order valence-corrected chi connectivity index (χ4v) is 2.46. The van der Waals surface area contributed by atoms with Crippen LogP contribution < -0.4 is 5.73 Å². The van der Waals surface area contributed by atoms with Crippen molar-refractivity contribution in [2.75, 3.05) is 6.54 Å². The average molecular weight is 210 g/mol. The number of nitrogens with zero attached hydrogens (tertiary/aromatic N) is 1. The molecule has 4 heteroatoms. The molecule has 0 saturated heterocycles. The first-order chi connectivity index (χ1) is 7.01. The third-order valence-electron chi connectivity index (χ3n) is 3.69. The van der Waals surface area contributed by atoms with Crippen LogP contribution >= 0.6 is 0 Å². The Morgan fingerprint density at radius 3 is 3.00 bits per heavy atom. The molecule has 1 aliphatic rings. The molecule has 0 saturated carbocycles. The molecule has 0 fully saturated rings. The molecular weight excluding hydrogens is 192 g/mol. The molecule has 0 bridgehead atoms. The summed E-state index contributed by atoms with van der Waals surface area (Å²) in [5, 5.41) is 14.5. The van der Waals surface area contributed by atoms with Crippen LogP contribution in [-0.2, 0) is 12.0 Å². The van der Waals surface area contributed by atoms with Crippen molar-refractivity contribution in [3.05, 3.63) is 17.5 Å². The summed E-state index contributed by atoms with van der Waals surface area (Å²) in [6.07, 6.45) is 3.92. The average Bonchev–Trinajstić information content (AvgIpc) is 2.62. The van der Waals surface area contributed by atoms with Gasteiger partial charge >= 0.3 is 0 Å². The first kappa shape index (κ1) is 10.6. The third-order valence-corrected chi connectivity index (χ3v) is 3.69. The van der Waals surface area contributed by atoms with Gasteiger partial charge in [0.15, 0.2) is 0 Å². The summed E-state index contributed by atoms with van der Waals surface area (Å²) in [5.74, 6) is 0.810. The van der Waals surface area contributed by atoms with Crippen molar-refractivity contribution in [1.29, 1.82) is 0 Å². The van der Waals surface area contributed by atoms with Crippen molar-refractivity contribution in [3.8, 4) is 0 Å². The Morgan fingerprint density at radius 2 is 2.33 bits per heavy atom. The molecule has 1 aromatic heterocycles. The lowest BCUT2D eigenvalue weighted by Crippen LogP contribution is -2.46. The van der Waals surface area contributed by atoms with Gasteiger partial charge in [0.2, 0.25) is 0 Å². The molecule has 4 nitrogen and oxygen atoms in total. The van der Waals surface area contributed by atoms with E-state index in [1.807, 2.05) is 0 Å². The molecule has 2 rings (SSSR count). The Hall–Kier alpha value is -0.870. The van der Waals surface area contributed by atoms with Crippen LogP contribution in [-0.4, -0.2) is 16.8 Å². The van der Waals surface area contributed by atoms with Gasteiger partial charge in [0.1, 0.15) is 11.4 Å². The van der Waals surface area contributed by atoms with Gasteiger partial charge in [-0.15, -0.1) is 0 Å². The summed E-state index contributed by atoms with van der Waals surface area (Å²) in [4.78, 5) is 0. The minimum atomic E-state index is -0.894.